The van der Waals surface area contributed by atoms with Crippen molar-refractivity contribution in [2.45, 2.75) is 46.2 Å². The number of methoxy groups -OCH3 is 1. The van der Waals surface area contributed by atoms with Gasteiger partial charge in [0, 0.05) is 20.3 Å². The van der Waals surface area contributed by atoms with E-state index in [-0.39, 0.29) is 17.2 Å². The second kappa shape index (κ2) is 5.69. The van der Waals surface area contributed by atoms with E-state index in [1.165, 1.54) is 0 Å². The molecule has 1 heterocycles. The first-order valence-electron chi connectivity index (χ1n) is 6.39. The van der Waals surface area contributed by atoms with E-state index in [1.54, 1.807) is 18.9 Å². The quantitative estimate of drug-likeness (QED) is 0.756. The van der Waals surface area contributed by atoms with Gasteiger partial charge in [0.1, 0.15) is 12.1 Å². The number of piperazine rings is 1. The van der Waals surface area contributed by atoms with E-state index in [9.17, 15) is 9.59 Å². The molecule has 1 aliphatic rings. The summed E-state index contributed by atoms with van der Waals surface area (Å²) < 4.78 is 5.00. The minimum atomic E-state index is -0.432. The summed E-state index contributed by atoms with van der Waals surface area (Å²) in [7, 11) is 1.63. The monoisotopic (exact) mass is 256 g/mol. The lowest BCUT2D eigenvalue weighted by molar-refractivity contribution is -0.153. The number of carbonyl (C=O) groups is 2. The van der Waals surface area contributed by atoms with Crippen molar-refractivity contribution in [1.82, 2.24) is 10.2 Å². The topological polar surface area (TPSA) is 58.6 Å². The van der Waals surface area contributed by atoms with Crippen LogP contribution in [0.15, 0.2) is 0 Å². The van der Waals surface area contributed by atoms with E-state index >= 15 is 0 Å². The molecule has 0 aliphatic carbocycles. The van der Waals surface area contributed by atoms with Crippen LogP contribution in [-0.4, -0.2) is 49.1 Å². The Hall–Kier alpha value is -1.10. The molecule has 2 amide bonds. The lowest BCUT2D eigenvalue weighted by Crippen LogP contribution is -2.66. The van der Waals surface area contributed by atoms with Crippen LogP contribution in [0.25, 0.3) is 0 Å². The average molecular weight is 256 g/mol. The molecule has 0 spiro atoms. The zero-order valence-corrected chi connectivity index (χ0v) is 11.9. The Labute approximate surface area is 109 Å². The summed E-state index contributed by atoms with van der Waals surface area (Å²) in [5.41, 5.74) is -0.271. The molecule has 0 aromatic heterocycles. The highest BCUT2D eigenvalue weighted by Gasteiger charge is 2.44. The van der Waals surface area contributed by atoms with Gasteiger partial charge in [0.05, 0.1) is 0 Å². The number of rotatable bonds is 4. The van der Waals surface area contributed by atoms with E-state index in [0.717, 1.165) is 6.42 Å². The molecule has 0 saturated carbocycles. The van der Waals surface area contributed by atoms with E-state index in [4.69, 9.17) is 4.74 Å². The summed E-state index contributed by atoms with van der Waals surface area (Å²) in [6.07, 6.45) is 0.745. The predicted octanol–water partition coefficient (Wildman–Crippen LogP) is 0.784. The molecular weight excluding hydrogens is 232 g/mol. The van der Waals surface area contributed by atoms with Gasteiger partial charge in [-0.05, 0) is 18.8 Å². The van der Waals surface area contributed by atoms with Crippen molar-refractivity contribution in [3.63, 3.8) is 0 Å². The summed E-state index contributed by atoms with van der Waals surface area (Å²) in [6.45, 7) is 8.81. The van der Waals surface area contributed by atoms with Crippen molar-refractivity contribution in [2.75, 3.05) is 20.3 Å². The Bertz CT molecular complexity index is 323. The van der Waals surface area contributed by atoms with Gasteiger partial charge in [-0.2, -0.15) is 0 Å². The minimum Gasteiger partial charge on any atom is -0.385 e. The van der Waals surface area contributed by atoms with Crippen molar-refractivity contribution >= 4 is 11.8 Å². The molecule has 2 unspecified atom stereocenters. The summed E-state index contributed by atoms with van der Waals surface area (Å²) in [5.74, 6) is -0.0716. The van der Waals surface area contributed by atoms with Gasteiger partial charge in [-0.1, -0.05) is 20.8 Å². The maximum Gasteiger partial charge on any atom is 0.245 e. The van der Waals surface area contributed by atoms with Crippen molar-refractivity contribution < 1.29 is 14.3 Å². The van der Waals surface area contributed by atoms with Crippen LogP contribution in [0.1, 0.15) is 34.1 Å². The minimum absolute atomic E-state index is 0.00868. The molecule has 5 heteroatoms. The van der Waals surface area contributed by atoms with Crippen molar-refractivity contribution in [2.24, 2.45) is 5.41 Å². The number of carbonyl (C=O) groups excluding carboxylic acids is 2. The lowest BCUT2D eigenvalue weighted by atomic mass is 9.83. The van der Waals surface area contributed by atoms with Crippen LogP contribution in [0.3, 0.4) is 0 Å². The van der Waals surface area contributed by atoms with Gasteiger partial charge < -0.3 is 15.0 Å². The largest absolute Gasteiger partial charge is 0.385 e. The van der Waals surface area contributed by atoms with Gasteiger partial charge in [0.2, 0.25) is 11.8 Å². The Morgan fingerprint density at radius 2 is 1.94 bits per heavy atom. The third kappa shape index (κ3) is 3.22. The first-order chi connectivity index (χ1) is 8.29. The molecule has 2 atom stereocenters. The van der Waals surface area contributed by atoms with Crippen LogP contribution < -0.4 is 5.32 Å². The summed E-state index contributed by atoms with van der Waals surface area (Å²) >= 11 is 0. The first kappa shape index (κ1) is 15.0. The average Bonchev–Trinajstić information content (AvgIpc) is 2.23. The fourth-order valence-electron chi connectivity index (χ4n) is 2.35. The van der Waals surface area contributed by atoms with Crippen LogP contribution in [0, 0.1) is 5.41 Å². The molecule has 0 aromatic carbocycles. The second-order valence-corrected chi connectivity index (χ2v) is 5.88. The highest BCUT2D eigenvalue weighted by molar-refractivity contribution is 5.97. The van der Waals surface area contributed by atoms with Crippen molar-refractivity contribution in [3.05, 3.63) is 0 Å². The third-order valence-electron chi connectivity index (χ3n) is 3.14. The smallest absolute Gasteiger partial charge is 0.245 e. The Morgan fingerprint density at radius 3 is 2.44 bits per heavy atom. The maximum atomic E-state index is 12.2. The summed E-state index contributed by atoms with van der Waals surface area (Å²) in [6, 6.07) is -0.836. The van der Waals surface area contributed by atoms with Gasteiger partial charge in [-0.15, -0.1) is 0 Å². The molecule has 104 valence electrons. The molecule has 1 N–H and O–H groups in total. The van der Waals surface area contributed by atoms with Gasteiger partial charge in [0.15, 0.2) is 0 Å². The number of amides is 2. The van der Waals surface area contributed by atoms with Crippen LogP contribution in [0.2, 0.25) is 0 Å². The van der Waals surface area contributed by atoms with Gasteiger partial charge >= 0.3 is 0 Å². The first-order valence-corrected chi connectivity index (χ1v) is 6.39. The molecule has 1 saturated heterocycles. The zero-order valence-electron chi connectivity index (χ0n) is 11.9. The molecule has 1 aliphatic heterocycles. The van der Waals surface area contributed by atoms with Gasteiger partial charge in [0.25, 0.3) is 0 Å². The number of nitrogens with one attached hydrogen (secondary N) is 1. The third-order valence-corrected chi connectivity index (χ3v) is 3.14. The number of nitrogens with zero attached hydrogens (tertiary/aromatic N) is 1. The number of ether oxygens (including phenoxy) is 1. The SMILES string of the molecule is COCCCN1C(=O)C(C)NC(=O)C1C(C)(C)C. The van der Waals surface area contributed by atoms with Crippen molar-refractivity contribution in [1.29, 1.82) is 0 Å². The molecule has 0 radical (unpaired) electrons. The van der Waals surface area contributed by atoms with E-state index < -0.39 is 12.1 Å². The van der Waals surface area contributed by atoms with Crippen molar-refractivity contribution in [3.8, 4) is 0 Å². The van der Waals surface area contributed by atoms with E-state index in [1.807, 2.05) is 20.8 Å². The molecule has 0 bridgehead atoms. The molecule has 18 heavy (non-hydrogen) atoms. The molecule has 5 nitrogen and oxygen atoms in total. The van der Waals surface area contributed by atoms with Gasteiger partial charge in [-0.25, -0.2) is 0 Å². The predicted molar refractivity (Wildman–Crippen MR) is 69.1 cm³/mol. The summed E-state index contributed by atoms with van der Waals surface area (Å²) in [5, 5.41) is 2.74. The Balaban J connectivity index is 2.87. The normalized spacial score (nSPS) is 25.3. The standard InChI is InChI=1S/C13H24N2O3/c1-9-12(17)15(7-6-8-18-5)10(11(16)14-9)13(2,3)4/h9-10H,6-8H2,1-5H3,(H,14,16). The Morgan fingerprint density at radius 1 is 1.33 bits per heavy atom. The van der Waals surface area contributed by atoms with Crippen LogP contribution in [-0.2, 0) is 14.3 Å². The van der Waals surface area contributed by atoms with Gasteiger partial charge in [-0.3, -0.25) is 9.59 Å². The number of hydrogen-bond donors (Lipinski definition) is 1. The number of hydrogen-bond acceptors (Lipinski definition) is 3. The fourth-order valence-corrected chi connectivity index (χ4v) is 2.35. The van der Waals surface area contributed by atoms with Crippen LogP contribution in [0.5, 0.6) is 0 Å². The van der Waals surface area contributed by atoms with E-state index in [2.05, 4.69) is 5.32 Å². The highest BCUT2D eigenvalue weighted by Crippen LogP contribution is 2.27. The zero-order chi connectivity index (χ0) is 13.9. The molecule has 1 fully saturated rings. The molecular formula is C13H24N2O3. The second-order valence-electron chi connectivity index (χ2n) is 5.88. The Kier molecular flexibility index (Phi) is 4.73. The van der Waals surface area contributed by atoms with Crippen LogP contribution in [0.4, 0.5) is 0 Å². The van der Waals surface area contributed by atoms with E-state index in [0.29, 0.717) is 13.2 Å². The van der Waals surface area contributed by atoms with Crippen LogP contribution >= 0.6 is 0 Å². The molecule has 0 aromatic rings. The summed E-state index contributed by atoms with van der Waals surface area (Å²) in [4.78, 5) is 26.0. The maximum absolute atomic E-state index is 12.2. The fraction of sp³-hybridized carbons (Fsp3) is 0.846. The lowest BCUT2D eigenvalue weighted by Gasteiger charge is -2.44. The molecule has 1 rings (SSSR count). The highest BCUT2D eigenvalue weighted by atomic mass is 16.5.